The molecule has 5 nitrogen and oxygen atoms in total. The number of nitrogens with one attached hydrogen (secondary N) is 1. The molecule has 6 heteroatoms. The van der Waals surface area contributed by atoms with E-state index in [0.29, 0.717) is 17.8 Å². The Hall–Kier alpha value is -2.34. The maximum atomic E-state index is 4.77. The van der Waals surface area contributed by atoms with Crippen molar-refractivity contribution in [2.45, 2.75) is 33.1 Å². The predicted molar refractivity (Wildman–Crippen MR) is 98.5 cm³/mol. The topological polar surface area (TPSA) is 63.6 Å². The van der Waals surface area contributed by atoms with Gasteiger partial charge in [0, 0.05) is 23.5 Å². The monoisotopic (exact) mass is 339 g/mol. The highest BCUT2D eigenvalue weighted by atomic mass is 32.1. The highest BCUT2D eigenvalue weighted by molar-refractivity contribution is 7.16. The SMILES string of the molecule is CC(C)CC(C)c1sc(Nc2ncccn2)nc1-c1ccccn1. The van der Waals surface area contributed by atoms with Gasteiger partial charge in [-0.1, -0.05) is 26.8 Å². The number of thiazole rings is 1. The molecule has 0 aromatic carbocycles. The fraction of sp³-hybridized carbons (Fsp3) is 0.333. The van der Waals surface area contributed by atoms with Crippen LogP contribution in [0.1, 0.15) is 38.0 Å². The van der Waals surface area contributed by atoms with Crippen molar-refractivity contribution in [3.05, 3.63) is 47.7 Å². The molecule has 0 amide bonds. The van der Waals surface area contributed by atoms with Gasteiger partial charge in [-0.25, -0.2) is 15.0 Å². The summed E-state index contributed by atoms with van der Waals surface area (Å²) < 4.78 is 0. The van der Waals surface area contributed by atoms with E-state index < -0.39 is 0 Å². The first-order valence-corrected chi connectivity index (χ1v) is 8.91. The zero-order valence-electron chi connectivity index (χ0n) is 14.1. The lowest BCUT2D eigenvalue weighted by molar-refractivity contribution is 0.528. The van der Waals surface area contributed by atoms with Crippen LogP contribution in [0.3, 0.4) is 0 Å². The molecule has 3 heterocycles. The Labute approximate surface area is 146 Å². The number of aromatic nitrogens is 4. The molecule has 0 aliphatic carbocycles. The minimum atomic E-state index is 0.423. The molecule has 0 aliphatic heterocycles. The number of nitrogens with zero attached hydrogens (tertiary/aromatic N) is 4. The number of hydrogen-bond acceptors (Lipinski definition) is 6. The maximum absolute atomic E-state index is 4.77. The van der Waals surface area contributed by atoms with Crippen LogP contribution in [0.25, 0.3) is 11.4 Å². The van der Waals surface area contributed by atoms with Gasteiger partial charge in [-0.3, -0.25) is 4.98 Å². The molecule has 1 N–H and O–H groups in total. The molecule has 0 saturated carbocycles. The zero-order chi connectivity index (χ0) is 16.9. The molecule has 3 rings (SSSR count). The lowest BCUT2D eigenvalue weighted by Crippen LogP contribution is -1.99. The summed E-state index contributed by atoms with van der Waals surface area (Å²) in [6, 6.07) is 7.71. The molecule has 0 bridgehead atoms. The lowest BCUT2D eigenvalue weighted by Gasteiger charge is -2.13. The molecule has 0 spiro atoms. The minimum absolute atomic E-state index is 0.423. The second-order valence-electron chi connectivity index (χ2n) is 6.17. The summed E-state index contributed by atoms with van der Waals surface area (Å²) >= 11 is 1.66. The molecule has 0 saturated heterocycles. The summed E-state index contributed by atoms with van der Waals surface area (Å²) in [5.74, 6) is 1.61. The predicted octanol–water partition coefficient (Wildman–Crippen LogP) is 4.89. The lowest BCUT2D eigenvalue weighted by atomic mass is 9.96. The van der Waals surface area contributed by atoms with E-state index in [9.17, 15) is 0 Å². The normalized spacial score (nSPS) is 12.3. The van der Waals surface area contributed by atoms with E-state index in [2.05, 4.69) is 41.0 Å². The summed E-state index contributed by atoms with van der Waals surface area (Å²) in [6.07, 6.45) is 6.35. The van der Waals surface area contributed by atoms with Crippen LogP contribution in [0, 0.1) is 5.92 Å². The first kappa shape index (κ1) is 16.5. The highest BCUT2D eigenvalue weighted by Crippen LogP contribution is 2.38. The van der Waals surface area contributed by atoms with Gasteiger partial charge < -0.3 is 5.32 Å². The maximum Gasteiger partial charge on any atom is 0.228 e. The van der Waals surface area contributed by atoms with Crippen LogP contribution >= 0.6 is 11.3 Å². The van der Waals surface area contributed by atoms with Gasteiger partial charge in [0.05, 0.1) is 5.69 Å². The van der Waals surface area contributed by atoms with Gasteiger partial charge in [-0.2, -0.15) is 0 Å². The van der Waals surface area contributed by atoms with Crippen LogP contribution < -0.4 is 5.32 Å². The smallest absolute Gasteiger partial charge is 0.228 e. The van der Waals surface area contributed by atoms with E-state index in [1.807, 2.05) is 18.2 Å². The second kappa shape index (κ2) is 7.49. The van der Waals surface area contributed by atoms with Gasteiger partial charge in [0.2, 0.25) is 5.95 Å². The van der Waals surface area contributed by atoms with Crippen molar-refractivity contribution in [2.24, 2.45) is 5.92 Å². The molecular formula is C18H21N5S. The van der Waals surface area contributed by atoms with E-state index >= 15 is 0 Å². The van der Waals surface area contributed by atoms with Crippen molar-refractivity contribution in [3.63, 3.8) is 0 Å². The molecule has 0 aliphatic rings. The number of rotatable bonds is 6. The van der Waals surface area contributed by atoms with Gasteiger partial charge in [0.25, 0.3) is 0 Å². The highest BCUT2D eigenvalue weighted by Gasteiger charge is 2.20. The van der Waals surface area contributed by atoms with E-state index in [4.69, 9.17) is 4.98 Å². The molecule has 124 valence electrons. The summed E-state index contributed by atoms with van der Waals surface area (Å²) in [4.78, 5) is 18.9. The van der Waals surface area contributed by atoms with Crippen molar-refractivity contribution in [3.8, 4) is 11.4 Å². The molecule has 1 unspecified atom stereocenters. The van der Waals surface area contributed by atoms with E-state index in [-0.39, 0.29) is 0 Å². The van der Waals surface area contributed by atoms with E-state index in [1.54, 1.807) is 36.0 Å². The van der Waals surface area contributed by atoms with Crippen molar-refractivity contribution >= 4 is 22.4 Å². The molecule has 0 radical (unpaired) electrons. The Balaban J connectivity index is 1.96. The Kier molecular flexibility index (Phi) is 5.15. The Morgan fingerprint density at radius 3 is 2.42 bits per heavy atom. The number of hydrogen-bond donors (Lipinski definition) is 1. The molecule has 24 heavy (non-hydrogen) atoms. The molecule has 1 atom stereocenters. The fourth-order valence-electron chi connectivity index (χ4n) is 2.68. The molecule has 0 fully saturated rings. The zero-order valence-corrected chi connectivity index (χ0v) is 14.9. The van der Waals surface area contributed by atoms with Crippen LogP contribution in [0.15, 0.2) is 42.9 Å². The quantitative estimate of drug-likeness (QED) is 0.693. The van der Waals surface area contributed by atoms with Crippen molar-refractivity contribution in [2.75, 3.05) is 5.32 Å². The summed E-state index contributed by atoms with van der Waals surface area (Å²) in [6.45, 7) is 6.74. The first-order chi connectivity index (χ1) is 11.6. The molecular weight excluding hydrogens is 318 g/mol. The summed E-state index contributed by atoms with van der Waals surface area (Å²) in [5.41, 5.74) is 1.86. The number of anilines is 2. The van der Waals surface area contributed by atoms with Crippen LogP contribution in [-0.4, -0.2) is 19.9 Å². The average molecular weight is 339 g/mol. The second-order valence-corrected chi connectivity index (χ2v) is 7.21. The van der Waals surface area contributed by atoms with Crippen molar-refractivity contribution in [1.82, 2.24) is 19.9 Å². The molecule has 3 aromatic rings. The first-order valence-electron chi connectivity index (χ1n) is 8.09. The van der Waals surface area contributed by atoms with Crippen LogP contribution in [0.5, 0.6) is 0 Å². The summed E-state index contributed by atoms with van der Waals surface area (Å²) in [5, 5.41) is 4.00. The third-order valence-electron chi connectivity index (χ3n) is 3.62. The minimum Gasteiger partial charge on any atom is -0.300 e. The third-order valence-corrected chi connectivity index (χ3v) is 4.82. The number of pyridine rings is 1. The average Bonchev–Trinajstić information content (AvgIpc) is 3.00. The van der Waals surface area contributed by atoms with Crippen LogP contribution in [0.2, 0.25) is 0 Å². The Morgan fingerprint density at radius 1 is 1.00 bits per heavy atom. The Morgan fingerprint density at radius 2 is 1.75 bits per heavy atom. The molecule has 3 aromatic heterocycles. The van der Waals surface area contributed by atoms with Gasteiger partial charge in [-0.15, -0.1) is 11.3 Å². The van der Waals surface area contributed by atoms with Gasteiger partial charge in [0.15, 0.2) is 5.13 Å². The van der Waals surface area contributed by atoms with Crippen molar-refractivity contribution in [1.29, 1.82) is 0 Å². The third kappa shape index (κ3) is 3.94. The van der Waals surface area contributed by atoms with Crippen molar-refractivity contribution < 1.29 is 0 Å². The van der Waals surface area contributed by atoms with Crippen LogP contribution in [-0.2, 0) is 0 Å². The largest absolute Gasteiger partial charge is 0.300 e. The van der Waals surface area contributed by atoms with E-state index in [1.165, 1.54) is 4.88 Å². The van der Waals surface area contributed by atoms with E-state index in [0.717, 1.165) is 22.9 Å². The van der Waals surface area contributed by atoms with Crippen LogP contribution in [0.4, 0.5) is 11.1 Å². The fourth-order valence-corrected chi connectivity index (χ4v) is 3.71. The van der Waals surface area contributed by atoms with Gasteiger partial charge in [0.1, 0.15) is 5.69 Å². The standard InChI is InChI=1S/C18H21N5S/c1-12(2)11-13(3)16-15(14-7-4-5-8-19-14)22-18(24-16)23-17-20-9-6-10-21-17/h4-10,12-13H,11H2,1-3H3,(H,20,21,22,23). The Bertz CT molecular complexity index is 771. The summed E-state index contributed by atoms with van der Waals surface area (Å²) in [7, 11) is 0. The van der Waals surface area contributed by atoms with Gasteiger partial charge in [-0.05, 0) is 36.5 Å². The van der Waals surface area contributed by atoms with Gasteiger partial charge >= 0.3 is 0 Å².